The lowest BCUT2D eigenvalue weighted by Gasteiger charge is -2.39. The minimum Gasteiger partial charge on any atom is -0.258 e. The SMILES string of the molecule is O=[N+]([O-])c1cccc(-c2c3c(cc4cccnc24)C2=CCCCC23)c1. The topological polar surface area (TPSA) is 56.0 Å². The number of nitrogens with zero attached hydrogens (tertiary/aromatic N) is 2. The van der Waals surface area contributed by atoms with Crippen LogP contribution in [0.25, 0.3) is 27.6 Å². The zero-order valence-corrected chi connectivity index (χ0v) is 13.6. The minimum absolute atomic E-state index is 0.123. The first kappa shape index (κ1) is 14.3. The average Bonchev–Trinajstić information content (AvgIpc) is 2.65. The molecule has 25 heavy (non-hydrogen) atoms. The standard InChI is InChI=1S/C21H16N2O2/c24-23(25)15-7-3-5-13(11-15)19-20-17-9-2-1-8-16(17)18(20)12-14-6-4-10-22-21(14)19/h3-8,10-12,17H,1-2,9H2. The smallest absolute Gasteiger partial charge is 0.258 e. The molecule has 122 valence electrons. The van der Waals surface area contributed by atoms with Gasteiger partial charge in [0, 0.05) is 35.2 Å². The highest BCUT2D eigenvalue weighted by Crippen LogP contribution is 2.56. The molecule has 2 aliphatic carbocycles. The van der Waals surface area contributed by atoms with Crippen LogP contribution in [-0.4, -0.2) is 9.91 Å². The third-order valence-corrected chi connectivity index (χ3v) is 5.38. The lowest BCUT2D eigenvalue weighted by atomic mass is 9.65. The summed E-state index contributed by atoms with van der Waals surface area (Å²) in [5.74, 6) is 0.449. The van der Waals surface area contributed by atoms with Crippen LogP contribution in [0.15, 0.2) is 54.7 Å². The van der Waals surface area contributed by atoms with E-state index in [1.807, 2.05) is 12.1 Å². The number of hydrogen-bond donors (Lipinski definition) is 0. The third kappa shape index (κ3) is 2.03. The van der Waals surface area contributed by atoms with Gasteiger partial charge in [0.15, 0.2) is 0 Å². The van der Waals surface area contributed by atoms with Gasteiger partial charge < -0.3 is 0 Å². The van der Waals surface area contributed by atoms with Gasteiger partial charge in [0.1, 0.15) is 0 Å². The van der Waals surface area contributed by atoms with Gasteiger partial charge in [0.05, 0.1) is 10.4 Å². The highest BCUT2D eigenvalue weighted by Gasteiger charge is 2.37. The molecule has 0 amide bonds. The summed E-state index contributed by atoms with van der Waals surface area (Å²) in [5, 5.41) is 12.3. The van der Waals surface area contributed by atoms with Gasteiger partial charge >= 0.3 is 0 Å². The number of allylic oxidation sites excluding steroid dienone is 2. The Morgan fingerprint density at radius 2 is 2.08 bits per heavy atom. The monoisotopic (exact) mass is 328 g/mol. The molecule has 1 unspecified atom stereocenters. The molecule has 0 saturated heterocycles. The van der Waals surface area contributed by atoms with Crippen LogP contribution in [0.4, 0.5) is 5.69 Å². The molecule has 1 atom stereocenters. The van der Waals surface area contributed by atoms with Crippen molar-refractivity contribution < 1.29 is 4.92 Å². The molecule has 4 nitrogen and oxygen atoms in total. The van der Waals surface area contributed by atoms with Crippen LogP contribution in [-0.2, 0) is 0 Å². The first-order chi connectivity index (χ1) is 12.2. The van der Waals surface area contributed by atoms with Crippen LogP contribution >= 0.6 is 0 Å². The molecule has 2 aliphatic rings. The summed E-state index contributed by atoms with van der Waals surface area (Å²) in [6.45, 7) is 0. The summed E-state index contributed by atoms with van der Waals surface area (Å²) < 4.78 is 0. The van der Waals surface area contributed by atoms with Crippen LogP contribution < -0.4 is 0 Å². The Hall–Kier alpha value is -3.01. The first-order valence-corrected chi connectivity index (χ1v) is 8.61. The third-order valence-electron chi connectivity index (χ3n) is 5.38. The van der Waals surface area contributed by atoms with Gasteiger partial charge in [-0.25, -0.2) is 0 Å². The van der Waals surface area contributed by atoms with E-state index in [0.717, 1.165) is 34.9 Å². The van der Waals surface area contributed by atoms with Crippen LogP contribution in [0.5, 0.6) is 0 Å². The lowest BCUT2D eigenvalue weighted by molar-refractivity contribution is -0.384. The largest absolute Gasteiger partial charge is 0.270 e. The number of nitro benzene ring substituents is 1. The van der Waals surface area contributed by atoms with E-state index >= 15 is 0 Å². The van der Waals surface area contributed by atoms with Crippen molar-refractivity contribution in [3.05, 3.63) is 76.0 Å². The van der Waals surface area contributed by atoms with Crippen molar-refractivity contribution in [2.24, 2.45) is 0 Å². The predicted molar refractivity (Wildman–Crippen MR) is 98.4 cm³/mol. The van der Waals surface area contributed by atoms with Crippen molar-refractivity contribution in [3.63, 3.8) is 0 Å². The summed E-state index contributed by atoms with van der Waals surface area (Å²) in [4.78, 5) is 15.5. The summed E-state index contributed by atoms with van der Waals surface area (Å²) in [5.41, 5.74) is 7.08. The fourth-order valence-corrected chi connectivity index (χ4v) is 4.30. The number of pyridine rings is 1. The molecule has 1 aromatic heterocycles. The Morgan fingerprint density at radius 1 is 1.16 bits per heavy atom. The Bertz CT molecular complexity index is 1070. The minimum atomic E-state index is -0.333. The number of benzene rings is 2. The van der Waals surface area contributed by atoms with E-state index in [1.165, 1.54) is 23.1 Å². The second-order valence-electron chi connectivity index (χ2n) is 6.74. The van der Waals surface area contributed by atoms with Gasteiger partial charge in [0.25, 0.3) is 5.69 Å². The van der Waals surface area contributed by atoms with E-state index in [4.69, 9.17) is 0 Å². The average molecular weight is 328 g/mol. The molecular weight excluding hydrogens is 312 g/mol. The summed E-state index contributed by atoms with van der Waals surface area (Å²) in [6, 6.07) is 13.2. The van der Waals surface area contributed by atoms with Crippen molar-refractivity contribution in [1.29, 1.82) is 0 Å². The number of fused-ring (bicyclic) bond motifs is 5. The molecular formula is C21H16N2O2. The van der Waals surface area contributed by atoms with Gasteiger partial charge in [-0.2, -0.15) is 0 Å². The van der Waals surface area contributed by atoms with Crippen molar-refractivity contribution >= 4 is 22.2 Å². The van der Waals surface area contributed by atoms with Crippen molar-refractivity contribution in [2.45, 2.75) is 25.2 Å². The molecule has 0 saturated carbocycles. The number of non-ortho nitro benzene ring substituents is 1. The molecule has 0 spiro atoms. The van der Waals surface area contributed by atoms with Crippen LogP contribution in [0, 0.1) is 10.1 Å². The molecule has 2 aromatic carbocycles. The van der Waals surface area contributed by atoms with E-state index in [2.05, 4.69) is 23.2 Å². The quantitative estimate of drug-likeness (QED) is 0.462. The Balaban J connectivity index is 1.84. The summed E-state index contributed by atoms with van der Waals surface area (Å²) in [7, 11) is 0. The van der Waals surface area contributed by atoms with Gasteiger partial charge in [-0.15, -0.1) is 0 Å². The van der Waals surface area contributed by atoms with E-state index in [0.29, 0.717) is 5.92 Å². The zero-order valence-electron chi connectivity index (χ0n) is 13.6. The second-order valence-corrected chi connectivity index (χ2v) is 6.74. The van der Waals surface area contributed by atoms with Crippen molar-refractivity contribution in [3.8, 4) is 11.1 Å². The van der Waals surface area contributed by atoms with Gasteiger partial charge in [-0.3, -0.25) is 15.1 Å². The fraction of sp³-hybridized carbons (Fsp3) is 0.190. The first-order valence-electron chi connectivity index (χ1n) is 8.61. The van der Waals surface area contributed by atoms with Crippen LogP contribution in [0.3, 0.4) is 0 Å². The highest BCUT2D eigenvalue weighted by molar-refractivity contribution is 6.04. The van der Waals surface area contributed by atoms with E-state index in [-0.39, 0.29) is 10.6 Å². The fourth-order valence-electron chi connectivity index (χ4n) is 4.30. The zero-order chi connectivity index (χ0) is 17.0. The molecule has 4 heteroatoms. The van der Waals surface area contributed by atoms with E-state index < -0.39 is 0 Å². The molecule has 3 aromatic rings. The Kier molecular flexibility index (Phi) is 3.01. The normalized spacial score (nSPS) is 18.1. The highest BCUT2D eigenvalue weighted by atomic mass is 16.6. The van der Waals surface area contributed by atoms with Crippen LogP contribution in [0.2, 0.25) is 0 Å². The van der Waals surface area contributed by atoms with Crippen LogP contribution in [0.1, 0.15) is 36.3 Å². The number of rotatable bonds is 2. The van der Waals surface area contributed by atoms with E-state index in [9.17, 15) is 10.1 Å². The van der Waals surface area contributed by atoms with E-state index in [1.54, 1.807) is 24.4 Å². The molecule has 1 heterocycles. The molecule has 0 bridgehead atoms. The van der Waals surface area contributed by atoms with Gasteiger partial charge in [0.2, 0.25) is 0 Å². The Labute approximate surface area is 145 Å². The van der Waals surface area contributed by atoms with Gasteiger partial charge in [-0.1, -0.05) is 24.3 Å². The Morgan fingerprint density at radius 3 is 2.96 bits per heavy atom. The predicted octanol–water partition coefficient (Wildman–Crippen LogP) is 5.47. The summed E-state index contributed by atoms with van der Waals surface area (Å²) in [6.07, 6.45) is 7.64. The maximum atomic E-state index is 11.2. The molecule has 0 N–H and O–H groups in total. The maximum absolute atomic E-state index is 11.2. The molecule has 0 fully saturated rings. The number of hydrogen-bond acceptors (Lipinski definition) is 3. The van der Waals surface area contributed by atoms with Gasteiger partial charge in [-0.05, 0) is 53.7 Å². The molecule has 0 radical (unpaired) electrons. The number of nitro groups is 1. The number of aromatic nitrogens is 1. The van der Waals surface area contributed by atoms with Crippen molar-refractivity contribution in [2.75, 3.05) is 0 Å². The molecule has 0 aliphatic heterocycles. The van der Waals surface area contributed by atoms with Crippen molar-refractivity contribution in [1.82, 2.24) is 4.98 Å². The lowest BCUT2D eigenvalue weighted by Crippen LogP contribution is -2.20. The second kappa shape index (κ2) is 5.24. The maximum Gasteiger partial charge on any atom is 0.270 e. The summed E-state index contributed by atoms with van der Waals surface area (Å²) >= 11 is 0. The molecule has 5 rings (SSSR count).